The lowest BCUT2D eigenvalue weighted by Crippen LogP contribution is -2.56. The maximum Gasteiger partial charge on any atom is 0.403 e. The fourth-order valence-electron chi connectivity index (χ4n) is 3.52. The molecule has 2 aromatic rings. The highest BCUT2D eigenvalue weighted by Crippen LogP contribution is 2.25. The zero-order valence-electron chi connectivity index (χ0n) is 17.4. The lowest BCUT2D eigenvalue weighted by atomic mass is 10.2. The molecule has 1 fully saturated rings. The number of alkyl halides is 3. The zero-order chi connectivity index (χ0) is 21.6. The van der Waals surface area contributed by atoms with Crippen molar-refractivity contribution in [1.82, 2.24) is 24.7 Å². The molecule has 1 aliphatic heterocycles. The highest BCUT2D eigenvalue weighted by molar-refractivity contribution is 5.80. The van der Waals surface area contributed by atoms with Crippen molar-refractivity contribution >= 4 is 5.96 Å². The van der Waals surface area contributed by atoms with Gasteiger partial charge in [0.25, 0.3) is 0 Å². The van der Waals surface area contributed by atoms with Crippen LogP contribution in [0.15, 0.2) is 47.7 Å². The minimum Gasteiger partial charge on any atom is -0.357 e. The van der Waals surface area contributed by atoms with E-state index in [0.717, 1.165) is 12.4 Å². The molecule has 9 heteroatoms. The van der Waals surface area contributed by atoms with Gasteiger partial charge in [-0.05, 0) is 19.4 Å². The summed E-state index contributed by atoms with van der Waals surface area (Å²) in [5.41, 5.74) is 1.18. The minimum absolute atomic E-state index is 0.355. The summed E-state index contributed by atoms with van der Waals surface area (Å²) in [6.45, 7) is 6.74. The molecule has 2 heterocycles. The molecule has 0 amide bonds. The first-order valence-electron chi connectivity index (χ1n) is 10.3. The molecule has 1 unspecified atom stereocenters. The van der Waals surface area contributed by atoms with Crippen LogP contribution in [-0.4, -0.2) is 70.3 Å². The Morgan fingerprint density at radius 1 is 1.17 bits per heavy atom. The lowest BCUT2D eigenvalue weighted by molar-refractivity contribution is -0.181. The van der Waals surface area contributed by atoms with Crippen molar-refractivity contribution in [2.24, 2.45) is 4.99 Å². The Kier molecular flexibility index (Phi) is 7.36. The number of nitrogens with one attached hydrogen (secondary N) is 1. The average molecular weight is 422 g/mol. The third kappa shape index (κ3) is 5.75. The van der Waals surface area contributed by atoms with Gasteiger partial charge in [0, 0.05) is 51.7 Å². The lowest BCUT2D eigenvalue weighted by Gasteiger charge is -2.39. The number of nitrogens with zero attached hydrogens (tertiary/aromatic N) is 5. The molecule has 1 N–H and O–H groups in total. The van der Waals surface area contributed by atoms with Gasteiger partial charge in [0.2, 0.25) is 0 Å². The molecule has 1 atom stereocenters. The first-order valence-corrected chi connectivity index (χ1v) is 10.3. The molecule has 6 nitrogen and oxygen atoms in total. The van der Waals surface area contributed by atoms with Crippen LogP contribution in [-0.2, 0) is 13.1 Å². The molecular weight excluding hydrogens is 393 g/mol. The summed E-state index contributed by atoms with van der Waals surface area (Å²) >= 11 is 0. The van der Waals surface area contributed by atoms with Gasteiger partial charge < -0.3 is 14.8 Å². The van der Waals surface area contributed by atoms with Gasteiger partial charge in [-0.2, -0.15) is 13.2 Å². The molecule has 1 aromatic heterocycles. The summed E-state index contributed by atoms with van der Waals surface area (Å²) in [7, 11) is 0. The first-order chi connectivity index (χ1) is 14.4. The number of rotatable bonds is 6. The minimum atomic E-state index is -4.20. The van der Waals surface area contributed by atoms with Gasteiger partial charge >= 0.3 is 6.18 Å². The van der Waals surface area contributed by atoms with E-state index in [1.54, 1.807) is 6.20 Å². The number of hydrogen-bond donors (Lipinski definition) is 1. The second-order valence-electron chi connectivity index (χ2n) is 7.37. The summed E-state index contributed by atoms with van der Waals surface area (Å²) in [6.07, 6.45) is -0.503. The molecule has 0 aliphatic carbocycles. The van der Waals surface area contributed by atoms with Crippen molar-refractivity contribution in [3.05, 3.63) is 54.1 Å². The SMILES string of the molecule is CCNC(=NCc1nccn1Cc1ccccc1)N1CCN(C(C)C(F)(F)F)CC1. The van der Waals surface area contributed by atoms with Crippen molar-refractivity contribution in [2.45, 2.75) is 39.2 Å². The molecule has 1 saturated heterocycles. The molecule has 0 saturated carbocycles. The third-order valence-electron chi connectivity index (χ3n) is 5.34. The van der Waals surface area contributed by atoms with Gasteiger partial charge in [-0.1, -0.05) is 30.3 Å². The number of piperazine rings is 1. The number of benzene rings is 1. The quantitative estimate of drug-likeness (QED) is 0.575. The largest absolute Gasteiger partial charge is 0.403 e. The normalized spacial score (nSPS) is 17.2. The first kappa shape index (κ1) is 22.1. The molecule has 1 aromatic carbocycles. The average Bonchev–Trinajstić information content (AvgIpc) is 3.17. The number of guanidine groups is 1. The van der Waals surface area contributed by atoms with Gasteiger partial charge in [0.05, 0.1) is 0 Å². The van der Waals surface area contributed by atoms with E-state index in [4.69, 9.17) is 4.99 Å². The number of aliphatic imine (C=N–C) groups is 1. The van der Waals surface area contributed by atoms with Crippen LogP contribution < -0.4 is 5.32 Å². The molecule has 0 spiro atoms. The molecule has 0 bridgehead atoms. The highest BCUT2D eigenvalue weighted by Gasteiger charge is 2.41. The van der Waals surface area contributed by atoms with Crippen LogP contribution in [0.5, 0.6) is 0 Å². The highest BCUT2D eigenvalue weighted by atomic mass is 19.4. The number of hydrogen-bond acceptors (Lipinski definition) is 3. The Morgan fingerprint density at radius 2 is 1.87 bits per heavy atom. The van der Waals surface area contributed by atoms with E-state index in [1.807, 2.05) is 36.2 Å². The summed E-state index contributed by atoms with van der Waals surface area (Å²) in [6, 6.07) is 8.71. The van der Waals surface area contributed by atoms with Crippen LogP contribution in [0.1, 0.15) is 25.2 Å². The van der Waals surface area contributed by atoms with E-state index < -0.39 is 12.2 Å². The molecule has 3 rings (SSSR count). The summed E-state index contributed by atoms with van der Waals surface area (Å²) in [5.74, 6) is 1.56. The summed E-state index contributed by atoms with van der Waals surface area (Å²) < 4.78 is 41.0. The van der Waals surface area contributed by atoms with E-state index in [9.17, 15) is 13.2 Å². The maximum atomic E-state index is 13.0. The van der Waals surface area contributed by atoms with E-state index in [1.165, 1.54) is 17.4 Å². The third-order valence-corrected chi connectivity index (χ3v) is 5.34. The molecule has 30 heavy (non-hydrogen) atoms. The van der Waals surface area contributed by atoms with Crippen LogP contribution in [0.4, 0.5) is 13.2 Å². The van der Waals surface area contributed by atoms with E-state index in [-0.39, 0.29) is 0 Å². The van der Waals surface area contributed by atoms with Crippen molar-refractivity contribution in [2.75, 3.05) is 32.7 Å². The van der Waals surface area contributed by atoms with Crippen LogP contribution in [0, 0.1) is 0 Å². The smallest absolute Gasteiger partial charge is 0.357 e. The molecule has 164 valence electrons. The summed E-state index contributed by atoms with van der Waals surface area (Å²) in [5, 5.41) is 3.26. The zero-order valence-corrected chi connectivity index (χ0v) is 17.4. The number of aromatic nitrogens is 2. The van der Waals surface area contributed by atoms with Crippen LogP contribution in [0.25, 0.3) is 0 Å². The Morgan fingerprint density at radius 3 is 2.50 bits per heavy atom. The van der Waals surface area contributed by atoms with Crippen molar-refractivity contribution < 1.29 is 13.2 Å². The van der Waals surface area contributed by atoms with Gasteiger partial charge in [-0.3, -0.25) is 4.90 Å². The Labute approximate surface area is 175 Å². The van der Waals surface area contributed by atoms with Crippen LogP contribution in [0.3, 0.4) is 0 Å². The van der Waals surface area contributed by atoms with E-state index in [2.05, 4.69) is 27.0 Å². The van der Waals surface area contributed by atoms with E-state index in [0.29, 0.717) is 45.2 Å². The molecule has 1 aliphatic rings. The topological polar surface area (TPSA) is 48.7 Å². The van der Waals surface area contributed by atoms with Crippen LogP contribution >= 0.6 is 0 Å². The molecular formula is C21H29F3N6. The number of imidazole rings is 1. The summed E-state index contributed by atoms with van der Waals surface area (Å²) in [4.78, 5) is 12.6. The van der Waals surface area contributed by atoms with Crippen LogP contribution in [0.2, 0.25) is 0 Å². The maximum absolute atomic E-state index is 13.0. The molecule has 0 radical (unpaired) electrons. The Balaban J connectivity index is 1.63. The van der Waals surface area contributed by atoms with Crippen molar-refractivity contribution in [1.29, 1.82) is 0 Å². The fourth-order valence-corrected chi connectivity index (χ4v) is 3.52. The second-order valence-corrected chi connectivity index (χ2v) is 7.37. The van der Waals surface area contributed by atoms with Crippen molar-refractivity contribution in [3.8, 4) is 0 Å². The predicted octanol–water partition coefficient (Wildman–Crippen LogP) is 2.97. The standard InChI is InChI=1S/C21H29F3N6/c1-3-25-20(29-13-11-28(12-14-29)17(2)21(22,23)24)27-15-19-26-9-10-30(19)16-18-7-5-4-6-8-18/h4-10,17H,3,11-16H2,1-2H3,(H,25,27). The van der Waals surface area contributed by atoms with Gasteiger partial charge in [0.15, 0.2) is 5.96 Å². The van der Waals surface area contributed by atoms with E-state index >= 15 is 0 Å². The van der Waals surface area contributed by atoms with Crippen molar-refractivity contribution in [3.63, 3.8) is 0 Å². The Bertz CT molecular complexity index is 810. The van der Waals surface area contributed by atoms with Gasteiger partial charge in [-0.15, -0.1) is 0 Å². The second kappa shape index (κ2) is 9.97. The predicted molar refractivity (Wildman–Crippen MR) is 111 cm³/mol. The van der Waals surface area contributed by atoms with Gasteiger partial charge in [-0.25, -0.2) is 9.98 Å². The fraction of sp³-hybridized carbons (Fsp3) is 0.524. The Hall–Kier alpha value is -2.55. The monoisotopic (exact) mass is 422 g/mol. The number of halogens is 3. The van der Waals surface area contributed by atoms with Gasteiger partial charge in [0.1, 0.15) is 18.4 Å².